The van der Waals surface area contributed by atoms with Gasteiger partial charge in [0.25, 0.3) is 11.5 Å². The average molecular weight is 307 g/mol. The van der Waals surface area contributed by atoms with Crippen molar-refractivity contribution < 1.29 is 9.53 Å². The molecule has 110 valence electrons. The van der Waals surface area contributed by atoms with Gasteiger partial charge in [-0.2, -0.15) is 0 Å². The molecule has 1 heterocycles. The lowest BCUT2D eigenvalue weighted by atomic mass is 10.2. The second-order valence-electron chi connectivity index (χ2n) is 4.71. The van der Waals surface area contributed by atoms with Crippen LogP contribution in [0, 0.1) is 0 Å². The van der Waals surface area contributed by atoms with E-state index >= 15 is 0 Å². The van der Waals surface area contributed by atoms with E-state index in [0.29, 0.717) is 5.69 Å². The molecule has 0 bridgehead atoms. The van der Waals surface area contributed by atoms with Gasteiger partial charge in [-0.1, -0.05) is 11.6 Å². The predicted octanol–water partition coefficient (Wildman–Crippen LogP) is 3.07. The quantitative estimate of drug-likeness (QED) is 0.912. The predicted molar refractivity (Wildman–Crippen MR) is 82.2 cm³/mol. The Kier molecular flexibility index (Phi) is 4.65. The first-order valence-corrected chi connectivity index (χ1v) is 6.80. The molecule has 1 aromatic carbocycles. The van der Waals surface area contributed by atoms with Crippen LogP contribution in [0.2, 0.25) is 5.02 Å². The van der Waals surface area contributed by atoms with Gasteiger partial charge in [0.05, 0.1) is 11.7 Å². The van der Waals surface area contributed by atoms with Crippen molar-refractivity contribution in [3.05, 3.63) is 57.5 Å². The monoisotopic (exact) mass is 306 g/mol. The summed E-state index contributed by atoms with van der Waals surface area (Å²) in [6.07, 6.45) is 1.41. The van der Waals surface area contributed by atoms with E-state index < -0.39 is 5.56 Å². The molecule has 1 aromatic heterocycles. The molecule has 0 spiro atoms. The smallest absolute Gasteiger partial charge is 0.266 e. The summed E-state index contributed by atoms with van der Waals surface area (Å²) in [5.41, 5.74) is 0.476. The average Bonchev–Trinajstić information content (AvgIpc) is 2.43. The summed E-state index contributed by atoms with van der Waals surface area (Å²) in [7, 11) is 0. The summed E-state index contributed by atoms with van der Waals surface area (Å²) >= 11 is 5.69. The molecule has 6 heteroatoms. The molecule has 0 aliphatic carbocycles. The van der Waals surface area contributed by atoms with Gasteiger partial charge in [-0.15, -0.1) is 0 Å². The van der Waals surface area contributed by atoms with Crippen LogP contribution in [0.4, 0.5) is 5.69 Å². The highest BCUT2D eigenvalue weighted by atomic mass is 35.5. The van der Waals surface area contributed by atoms with Crippen LogP contribution in [0.1, 0.15) is 24.2 Å². The first-order chi connectivity index (χ1) is 9.95. The molecule has 0 aliphatic rings. The fraction of sp³-hybridized carbons (Fsp3) is 0.200. The van der Waals surface area contributed by atoms with E-state index in [1.165, 1.54) is 12.3 Å². The van der Waals surface area contributed by atoms with Gasteiger partial charge in [0, 0.05) is 11.9 Å². The Balaban J connectivity index is 2.08. The maximum absolute atomic E-state index is 12.0. The molecule has 0 saturated heterocycles. The Labute approximate surface area is 126 Å². The van der Waals surface area contributed by atoms with E-state index in [9.17, 15) is 9.59 Å². The minimum atomic E-state index is -0.427. The van der Waals surface area contributed by atoms with Crippen LogP contribution in [0.15, 0.2) is 41.3 Å². The maximum Gasteiger partial charge on any atom is 0.266 e. The maximum atomic E-state index is 12.0. The van der Waals surface area contributed by atoms with Gasteiger partial charge in [-0.25, -0.2) is 0 Å². The lowest BCUT2D eigenvalue weighted by molar-refractivity contribution is 0.102. The molecule has 2 rings (SSSR count). The number of hydrogen-bond donors (Lipinski definition) is 2. The highest BCUT2D eigenvalue weighted by Crippen LogP contribution is 2.17. The molecule has 0 unspecified atom stereocenters. The molecular weight excluding hydrogens is 292 g/mol. The molecule has 21 heavy (non-hydrogen) atoms. The van der Waals surface area contributed by atoms with Crippen molar-refractivity contribution in [1.82, 2.24) is 4.98 Å². The fourth-order valence-corrected chi connectivity index (χ4v) is 1.85. The Morgan fingerprint density at radius 2 is 1.95 bits per heavy atom. The third-order valence-electron chi connectivity index (χ3n) is 2.60. The van der Waals surface area contributed by atoms with E-state index in [4.69, 9.17) is 16.3 Å². The lowest BCUT2D eigenvalue weighted by Gasteiger charge is -2.10. The first kappa shape index (κ1) is 15.1. The number of anilines is 1. The van der Waals surface area contributed by atoms with Gasteiger partial charge in [0.2, 0.25) is 0 Å². The van der Waals surface area contributed by atoms with Gasteiger partial charge in [0.1, 0.15) is 10.8 Å². The van der Waals surface area contributed by atoms with Crippen LogP contribution in [0.3, 0.4) is 0 Å². The van der Waals surface area contributed by atoms with E-state index in [0.717, 1.165) is 5.75 Å². The van der Waals surface area contributed by atoms with Crippen molar-refractivity contribution in [3.63, 3.8) is 0 Å². The van der Waals surface area contributed by atoms with E-state index in [1.54, 1.807) is 24.3 Å². The van der Waals surface area contributed by atoms with Crippen LogP contribution in [0.5, 0.6) is 5.75 Å². The normalized spacial score (nSPS) is 10.5. The number of aromatic nitrogens is 1. The van der Waals surface area contributed by atoms with E-state index in [1.807, 2.05) is 13.8 Å². The summed E-state index contributed by atoms with van der Waals surface area (Å²) in [5.74, 6) is 0.376. The van der Waals surface area contributed by atoms with Crippen molar-refractivity contribution in [2.75, 3.05) is 5.32 Å². The van der Waals surface area contributed by atoms with Gasteiger partial charge in [-0.05, 0) is 44.2 Å². The number of amides is 1. The van der Waals surface area contributed by atoms with E-state index in [2.05, 4.69) is 10.3 Å². The minimum Gasteiger partial charge on any atom is -0.491 e. The number of carbonyl (C=O) groups is 1. The molecule has 0 saturated carbocycles. The molecule has 0 fully saturated rings. The van der Waals surface area contributed by atoms with Crippen molar-refractivity contribution >= 4 is 23.2 Å². The zero-order valence-corrected chi connectivity index (χ0v) is 12.4. The fourth-order valence-electron chi connectivity index (χ4n) is 1.68. The van der Waals surface area contributed by atoms with Crippen molar-refractivity contribution in [1.29, 1.82) is 0 Å². The molecular formula is C15H15ClN2O3. The number of halogens is 1. The molecule has 5 nitrogen and oxygen atoms in total. The number of benzene rings is 1. The number of pyridine rings is 1. The summed E-state index contributed by atoms with van der Waals surface area (Å²) in [6, 6.07) is 8.35. The second-order valence-corrected chi connectivity index (χ2v) is 5.12. The number of ether oxygens (including phenoxy) is 1. The van der Waals surface area contributed by atoms with Crippen LogP contribution in [-0.2, 0) is 0 Å². The summed E-state index contributed by atoms with van der Waals surface area (Å²) in [4.78, 5) is 25.6. The number of H-pyrrole nitrogens is 1. The number of nitrogens with one attached hydrogen (secondary N) is 2. The Hall–Kier alpha value is -2.27. The van der Waals surface area contributed by atoms with Crippen molar-refractivity contribution in [2.24, 2.45) is 0 Å². The van der Waals surface area contributed by atoms with E-state index in [-0.39, 0.29) is 22.6 Å². The van der Waals surface area contributed by atoms with Gasteiger partial charge < -0.3 is 15.0 Å². The van der Waals surface area contributed by atoms with Gasteiger partial charge in [0.15, 0.2) is 0 Å². The van der Waals surface area contributed by atoms with Crippen LogP contribution in [0.25, 0.3) is 0 Å². The zero-order valence-electron chi connectivity index (χ0n) is 11.6. The first-order valence-electron chi connectivity index (χ1n) is 6.42. The Bertz CT molecular complexity index is 693. The van der Waals surface area contributed by atoms with Crippen LogP contribution < -0.4 is 15.6 Å². The minimum absolute atomic E-state index is 0.0247. The molecule has 1 amide bonds. The molecule has 2 aromatic rings. The second kappa shape index (κ2) is 6.45. The number of rotatable bonds is 4. The third-order valence-corrected chi connectivity index (χ3v) is 2.88. The highest BCUT2D eigenvalue weighted by Gasteiger charge is 2.08. The van der Waals surface area contributed by atoms with Crippen LogP contribution in [-0.4, -0.2) is 17.0 Å². The summed E-state index contributed by atoms with van der Waals surface area (Å²) < 4.78 is 5.52. The Morgan fingerprint density at radius 3 is 2.52 bits per heavy atom. The largest absolute Gasteiger partial charge is 0.491 e. The topological polar surface area (TPSA) is 71.2 Å². The lowest BCUT2D eigenvalue weighted by Crippen LogP contribution is -2.15. The third kappa shape index (κ3) is 4.10. The number of hydrogen-bond acceptors (Lipinski definition) is 3. The standard InChI is InChI=1S/C15H15ClN2O3/c1-9(2)21-12-5-3-11(4-6-12)18-14(19)10-7-13(16)15(20)17-8-10/h3-9H,1-2H3,(H,17,20)(H,18,19). The molecule has 0 radical (unpaired) electrons. The number of carbonyl (C=O) groups excluding carboxylic acids is 1. The van der Waals surface area contributed by atoms with Crippen molar-refractivity contribution in [3.8, 4) is 5.75 Å². The van der Waals surface area contributed by atoms with Crippen LogP contribution >= 0.6 is 11.6 Å². The number of aromatic amines is 1. The molecule has 0 aliphatic heterocycles. The molecule has 2 N–H and O–H groups in total. The zero-order chi connectivity index (χ0) is 15.4. The van der Waals surface area contributed by atoms with Gasteiger partial charge in [-0.3, -0.25) is 9.59 Å². The highest BCUT2D eigenvalue weighted by molar-refractivity contribution is 6.30. The summed E-state index contributed by atoms with van der Waals surface area (Å²) in [6.45, 7) is 3.88. The van der Waals surface area contributed by atoms with Crippen molar-refractivity contribution in [2.45, 2.75) is 20.0 Å². The summed E-state index contributed by atoms with van der Waals surface area (Å²) in [5, 5.41) is 2.69. The van der Waals surface area contributed by atoms with Gasteiger partial charge >= 0.3 is 0 Å². The molecule has 0 atom stereocenters. The SMILES string of the molecule is CC(C)Oc1ccc(NC(=O)c2c[nH]c(=O)c(Cl)c2)cc1. The Morgan fingerprint density at radius 1 is 1.29 bits per heavy atom.